The van der Waals surface area contributed by atoms with Crippen LogP contribution in [0, 0.1) is 0 Å². The lowest BCUT2D eigenvalue weighted by Gasteiger charge is -2.33. The first-order chi connectivity index (χ1) is 19.5. The maximum Gasteiger partial charge on any atom is 0.264 e. The summed E-state index contributed by atoms with van der Waals surface area (Å²) in [5, 5.41) is 3.64. The molecule has 220 valence electrons. The van der Waals surface area contributed by atoms with Gasteiger partial charge in [-0.05, 0) is 79.9 Å². The molecule has 0 saturated carbocycles. The van der Waals surface area contributed by atoms with Crippen LogP contribution in [0.4, 0.5) is 5.69 Å². The number of halogens is 2. The SMILES string of the molecule is CC[C@H](C)NC(=O)[C@H](CC)N(Cc1cccc(OC)c1)C(=O)CN(c1cccc(Cl)c1)S(=O)(=O)c1ccc(Cl)cc1. The van der Waals surface area contributed by atoms with Crippen molar-refractivity contribution in [1.82, 2.24) is 10.2 Å². The first kappa shape index (κ1) is 32.2. The van der Waals surface area contributed by atoms with Gasteiger partial charge in [-0.2, -0.15) is 0 Å². The van der Waals surface area contributed by atoms with Gasteiger partial charge < -0.3 is 15.0 Å². The van der Waals surface area contributed by atoms with Crippen molar-refractivity contribution in [3.05, 3.63) is 88.4 Å². The van der Waals surface area contributed by atoms with Crippen molar-refractivity contribution in [3.8, 4) is 5.75 Å². The second-order valence-corrected chi connectivity index (χ2v) is 12.3. The number of carbonyl (C=O) groups excluding carboxylic acids is 2. The van der Waals surface area contributed by atoms with Crippen molar-refractivity contribution in [2.24, 2.45) is 0 Å². The second kappa shape index (κ2) is 14.6. The monoisotopic (exact) mass is 619 g/mol. The summed E-state index contributed by atoms with van der Waals surface area (Å²) in [5.41, 5.74) is 0.932. The molecule has 0 spiro atoms. The molecule has 1 N–H and O–H groups in total. The van der Waals surface area contributed by atoms with Crippen LogP contribution in [-0.4, -0.2) is 50.9 Å². The quantitative estimate of drug-likeness (QED) is 0.256. The Morgan fingerprint density at radius 3 is 2.22 bits per heavy atom. The highest BCUT2D eigenvalue weighted by atomic mass is 35.5. The van der Waals surface area contributed by atoms with Gasteiger partial charge in [0, 0.05) is 22.6 Å². The second-order valence-electron chi connectivity index (χ2n) is 9.56. The molecule has 3 aromatic carbocycles. The Bertz CT molecular complexity index is 1450. The molecular formula is C30H35Cl2N3O5S. The molecule has 0 saturated heterocycles. The lowest BCUT2D eigenvalue weighted by atomic mass is 10.1. The number of hydrogen-bond acceptors (Lipinski definition) is 5. The van der Waals surface area contributed by atoms with E-state index < -0.39 is 28.5 Å². The number of ether oxygens (including phenoxy) is 1. The molecule has 0 bridgehead atoms. The number of nitrogens with one attached hydrogen (secondary N) is 1. The highest BCUT2D eigenvalue weighted by molar-refractivity contribution is 7.92. The molecule has 2 amide bonds. The molecule has 0 heterocycles. The van der Waals surface area contributed by atoms with Crippen LogP contribution in [0.2, 0.25) is 10.0 Å². The van der Waals surface area contributed by atoms with Gasteiger partial charge >= 0.3 is 0 Å². The molecule has 2 atom stereocenters. The smallest absolute Gasteiger partial charge is 0.264 e. The van der Waals surface area contributed by atoms with Gasteiger partial charge in [-0.1, -0.05) is 55.2 Å². The Morgan fingerprint density at radius 2 is 1.61 bits per heavy atom. The van der Waals surface area contributed by atoms with Crippen LogP contribution in [-0.2, 0) is 26.2 Å². The van der Waals surface area contributed by atoms with Gasteiger partial charge in [0.05, 0.1) is 17.7 Å². The molecule has 0 fully saturated rings. The molecule has 0 aliphatic rings. The number of hydrogen-bond donors (Lipinski definition) is 1. The molecule has 8 nitrogen and oxygen atoms in total. The van der Waals surface area contributed by atoms with Crippen LogP contribution in [0.5, 0.6) is 5.75 Å². The Kier molecular flexibility index (Phi) is 11.5. The molecule has 3 rings (SSSR count). The molecule has 0 unspecified atom stereocenters. The molecule has 0 radical (unpaired) electrons. The Morgan fingerprint density at radius 1 is 0.927 bits per heavy atom. The fourth-order valence-corrected chi connectivity index (χ4v) is 5.94. The molecule has 41 heavy (non-hydrogen) atoms. The van der Waals surface area contributed by atoms with Crippen LogP contribution in [0.1, 0.15) is 39.2 Å². The van der Waals surface area contributed by atoms with Gasteiger partial charge in [0.2, 0.25) is 11.8 Å². The average molecular weight is 621 g/mol. The van der Waals surface area contributed by atoms with Crippen molar-refractivity contribution < 1.29 is 22.7 Å². The first-order valence-corrected chi connectivity index (χ1v) is 15.5. The van der Waals surface area contributed by atoms with Crippen molar-refractivity contribution in [2.75, 3.05) is 18.0 Å². The van der Waals surface area contributed by atoms with Gasteiger partial charge in [-0.25, -0.2) is 8.42 Å². The summed E-state index contributed by atoms with van der Waals surface area (Å²) in [5.74, 6) is -0.276. The highest BCUT2D eigenvalue weighted by Gasteiger charge is 2.34. The third-order valence-electron chi connectivity index (χ3n) is 6.65. The number of amides is 2. The van der Waals surface area contributed by atoms with Crippen LogP contribution in [0.15, 0.2) is 77.7 Å². The molecule has 0 aliphatic heterocycles. The summed E-state index contributed by atoms with van der Waals surface area (Å²) in [6, 6.07) is 18.2. The van der Waals surface area contributed by atoms with E-state index in [-0.39, 0.29) is 29.1 Å². The van der Waals surface area contributed by atoms with Crippen molar-refractivity contribution in [2.45, 2.75) is 57.1 Å². The number of methoxy groups -OCH3 is 1. The van der Waals surface area contributed by atoms with E-state index >= 15 is 0 Å². The standard InChI is InChI=1S/C30H35Cl2N3O5S/c1-5-21(3)33-30(37)28(6-2)34(19-22-9-7-12-26(17-22)40-4)29(36)20-35(25-11-8-10-24(32)18-25)41(38,39)27-15-13-23(31)14-16-27/h7-18,21,28H,5-6,19-20H2,1-4H3,(H,33,37)/t21-,28-/m0/s1. The van der Waals surface area contributed by atoms with Crippen LogP contribution >= 0.6 is 23.2 Å². The maximum atomic E-state index is 14.1. The summed E-state index contributed by atoms with van der Waals surface area (Å²) in [6.45, 7) is 5.15. The van der Waals surface area contributed by atoms with E-state index in [0.717, 1.165) is 9.87 Å². The topological polar surface area (TPSA) is 96.0 Å². The Hall–Kier alpha value is -3.27. The molecule has 0 aromatic heterocycles. The molecule has 11 heteroatoms. The fourth-order valence-electron chi connectivity index (χ4n) is 4.22. The summed E-state index contributed by atoms with van der Waals surface area (Å²) in [4.78, 5) is 28.9. The normalized spacial score (nSPS) is 12.7. The largest absolute Gasteiger partial charge is 0.497 e. The third kappa shape index (κ3) is 8.38. The lowest BCUT2D eigenvalue weighted by molar-refractivity contribution is -0.140. The average Bonchev–Trinajstić information content (AvgIpc) is 2.95. The van der Waals surface area contributed by atoms with E-state index in [0.29, 0.717) is 28.6 Å². The third-order valence-corrected chi connectivity index (χ3v) is 8.93. The summed E-state index contributed by atoms with van der Waals surface area (Å²) < 4.78 is 34.1. The van der Waals surface area contributed by atoms with Crippen molar-refractivity contribution in [3.63, 3.8) is 0 Å². The number of rotatable bonds is 13. The molecule has 3 aromatic rings. The minimum atomic E-state index is -4.23. The zero-order chi connectivity index (χ0) is 30.2. The van der Waals surface area contributed by atoms with E-state index in [1.165, 1.54) is 35.2 Å². The minimum Gasteiger partial charge on any atom is -0.497 e. The Balaban J connectivity index is 2.07. The molecular weight excluding hydrogens is 585 g/mol. The summed E-state index contributed by atoms with van der Waals surface area (Å²) >= 11 is 12.2. The number of nitrogens with zero attached hydrogens (tertiary/aromatic N) is 2. The molecule has 0 aliphatic carbocycles. The zero-order valence-corrected chi connectivity index (χ0v) is 25.8. The van der Waals surface area contributed by atoms with E-state index in [9.17, 15) is 18.0 Å². The van der Waals surface area contributed by atoms with Crippen LogP contribution < -0.4 is 14.4 Å². The van der Waals surface area contributed by atoms with Crippen LogP contribution in [0.25, 0.3) is 0 Å². The van der Waals surface area contributed by atoms with E-state index in [1.54, 1.807) is 43.5 Å². The number of carbonyl (C=O) groups is 2. The minimum absolute atomic E-state index is 0.0458. The zero-order valence-electron chi connectivity index (χ0n) is 23.5. The fraction of sp³-hybridized carbons (Fsp3) is 0.333. The van der Waals surface area contributed by atoms with E-state index in [2.05, 4.69) is 5.32 Å². The van der Waals surface area contributed by atoms with Crippen molar-refractivity contribution >= 4 is 50.7 Å². The van der Waals surface area contributed by atoms with E-state index in [4.69, 9.17) is 27.9 Å². The maximum absolute atomic E-state index is 14.1. The van der Waals surface area contributed by atoms with Gasteiger partial charge in [0.1, 0.15) is 18.3 Å². The number of sulfonamides is 1. The van der Waals surface area contributed by atoms with Crippen LogP contribution in [0.3, 0.4) is 0 Å². The summed E-state index contributed by atoms with van der Waals surface area (Å²) in [6.07, 6.45) is 1.03. The lowest BCUT2D eigenvalue weighted by Crippen LogP contribution is -2.53. The van der Waals surface area contributed by atoms with Gasteiger partial charge in [-0.15, -0.1) is 0 Å². The van der Waals surface area contributed by atoms with E-state index in [1.807, 2.05) is 26.8 Å². The first-order valence-electron chi connectivity index (χ1n) is 13.3. The van der Waals surface area contributed by atoms with Gasteiger partial charge in [-0.3, -0.25) is 13.9 Å². The van der Waals surface area contributed by atoms with Gasteiger partial charge in [0.15, 0.2) is 0 Å². The van der Waals surface area contributed by atoms with Gasteiger partial charge in [0.25, 0.3) is 10.0 Å². The van der Waals surface area contributed by atoms with Crippen molar-refractivity contribution in [1.29, 1.82) is 0 Å². The number of benzene rings is 3. The predicted octanol–water partition coefficient (Wildman–Crippen LogP) is 5.92. The Labute approximate surface area is 252 Å². The number of anilines is 1. The predicted molar refractivity (Wildman–Crippen MR) is 163 cm³/mol. The highest BCUT2D eigenvalue weighted by Crippen LogP contribution is 2.28. The summed E-state index contributed by atoms with van der Waals surface area (Å²) in [7, 11) is -2.68.